The Morgan fingerprint density at radius 2 is 1.41 bits per heavy atom. The van der Waals surface area contributed by atoms with E-state index < -0.39 is 5.97 Å². The molecule has 2 aromatic rings. The molecule has 0 spiro atoms. The van der Waals surface area contributed by atoms with Crippen molar-refractivity contribution in [3.8, 4) is 0 Å². The molecular formula is C33H43N4O4+. The van der Waals surface area contributed by atoms with E-state index in [9.17, 15) is 19.5 Å². The van der Waals surface area contributed by atoms with E-state index in [1.807, 2.05) is 6.07 Å². The molecular weight excluding hydrogens is 516 g/mol. The zero-order valence-corrected chi connectivity index (χ0v) is 23.9. The van der Waals surface area contributed by atoms with Gasteiger partial charge in [0.2, 0.25) is 0 Å². The van der Waals surface area contributed by atoms with E-state index in [0.29, 0.717) is 29.2 Å². The van der Waals surface area contributed by atoms with Crippen LogP contribution in [0.4, 0.5) is 4.79 Å². The summed E-state index contributed by atoms with van der Waals surface area (Å²) in [6.07, 6.45) is 9.29. The minimum absolute atomic E-state index is 0.0359. The van der Waals surface area contributed by atoms with Gasteiger partial charge in [0.25, 0.3) is 0 Å². The maximum Gasteiger partial charge on any atom is 0.346 e. The number of hydrogen-bond acceptors (Lipinski definition) is 4. The number of carbonyl (C=O) groups excluding carboxylic acids is 2. The zero-order chi connectivity index (χ0) is 28.4. The molecule has 2 aromatic carbocycles. The Bertz CT molecular complexity index is 1230. The number of quaternary nitrogens is 1. The van der Waals surface area contributed by atoms with Gasteiger partial charge in [0.05, 0.1) is 36.3 Å². The van der Waals surface area contributed by atoms with Gasteiger partial charge in [-0.3, -0.25) is 4.48 Å². The van der Waals surface area contributed by atoms with Gasteiger partial charge in [-0.15, -0.1) is 0 Å². The highest BCUT2D eigenvalue weighted by atomic mass is 16.4. The highest BCUT2D eigenvalue weighted by Gasteiger charge is 2.51. The summed E-state index contributed by atoms with van der Waals surface area (Å²) in [5, 5.41) is 12.8. The second-order valence-corrected chi connectivity index (χ2v) is 12.4. The van der Waals surface area contributed by atoms with E-state index in [-0.39, 0.29) is 35.6 Å². The summed E-state index contributed by atoms with van der Waals surface area (Å²) in [6, 6.07) is 17.7. The number of piperidine rings is 2. The predicted molar refractivity (Wildman–Crippen MR) is 157 cm³/mol. The first-order valence-corrected chi connectivity index (χ1v) is 15.6. The van der Waals surface area contributed by atoms with Crippen LogP contribution in [0.2, 0.25) is 0 Å². The first kappa shape index (κ1) is 27.9. The number of carboxylic acids is 1. The molecule has 0 radical (unpaired) electrons. The van der Waals surface area contributed by atoms with Crippen LogP contribution in [-0.4, -0.2) is 88.1 Å². The van der Waals surface area contributed by atoms with Crippen molar-refractivity contribution >= 4 is 17.9 Å². The number of hydrogen-bond donors (Lipinski definition) is 2. The molecule has 8 heteroatoms. The fourth-order valence-electron chi connectivity index (χ4n) is 8.02. The quantitative estimate of drug-likeness (QED) is 0.483. The molecule has 1 saturated carbocycles. The Morgan fingerprint density at radius 1 is 0.780 bits per heavy atom. The van der Waals surface area contributed by atoms with Crippen LogP contribution in [0.1, 0.15) is 90.1 Å². The molecule has 0 unspecified atom stereocenters. The van der Waals surface area contributed by atoms with Gasteiger partial charge in [0.15, 0.2) is 0 Å². The van der Waals surface area contributed by atoms with E-state index in [1.165, 1.54) is 37.0 Å². The van der Waals surface area contributed by atoms with Crippen LogP contribution < -0.4 is 5.32 Å². The van der Waals surface area contributed by atoms with Gasteiger partial charge in [-0.1, -0.05) is 49.6 Å². The second kappa shape index (κ2) is 11.9. The van der Waals surface area contributed by atoms with Crippen molar-refractivity contribution in [2.75, 3.05) is 32.7 Å². The highest BCUT2D eigenvalue weighted by molar-refractivity contribution is 5.92. The van der Waals surface area contributed by atoms with Crippen LogP contribution in [0.3, 0.4) is 0 Å². The van der Waals surface area contributed by atoms with Crippen LogP contribution in [0.5, 0.6) is 0 Å². The number of amides is 3. The number of urea groups is 1. The smallest absolute Gasteiger partial charge is 0.346 e. The van der Waals surface area contributed by atoms with Crippen molar-refractivity contribution in [2.24, 2.45) is 0 Å². The van der Waals surface area contributed by atoms with Gasteiger partial charge in [-0.25, -0.2) is 14.4 Å². The lowest BCUT2D eigenvalue weighted by molar-refractivity contribution is -0.881. The third-order valence-corrected chi connectivity index (χ3v) is 10.3. The average Bonchev–Trinajstić information content (AvgIpc) is 3.38. The number of aromatic carboxylic acids is 1. The lowest BCUT2D eigenvalue weighted by atomic mass is 9.91. The minimum atomic E-state index is -0.988. The normalized spacial score (nSPS) is 28.1. The Morgan fingerprint density at radius 3 is 2.05 bits per heavy atom. The Labute approximate surface area is 242 Å². The van der Waals surface area contributed by atoms with Crippen molar-refractivity contribution < 1.29 is 24.0 Å². The molecule has 41 heavy (non-hydrogen) atoms. The maximum atomic E-state index is 14.3. The average molecular weight is 560 g/mol. The summed E-state index contributed by atoms with van der Waals surface area (Å²) in [6.45, 7) is 3.94. The van der Waals surface area contributed by atoms with E-state index in [2.05, 4.69) is 39.4 Å². The van der Waals surface area contributed by atoms with Crippen molar-refractivity contribution in [1.82, 2.24) is 15.1 Å². The molecule has 3 heterocycles. The number of nitrogens with one attached hydrogen (secondary N) is 1. The van der Waals surface area contributed by atoms with Gasteiger partial charge < -0.3 is 20.2 Å². The van der Waals surface area contributed by atoms with Crippen molar-refractivity contribution in [1.29, 1.82) is 0 Å². The topological polar surface area (TPSA) is 89.9 Å². The van der Waals surface area contributed by atoms with Crippen molar-refractivity contribution in [3.05, 3.63) is 71.3 Å². The molecule has 8 nitrogen and oxygen atoms in total. The molecule has 0 bridgehead atoms. The van der Waals surface area contributed by atoms with Crippen LogP contribution in [0, 0.1) is 0 Å². The molecule has 3 aliphatic heterocycles. The van der Waals surface area contributed by atoms with Gasteiger partial charge in [-0.2, -0.15) is 0 Å². The molecule has 1 atom stereocenters. The summed E-state index contributed by atoms with van der Waals surface area (Å²) in [5.41, 5.74) is 1.96. The van der Waals surface area contributed by atoms with Gasteiger partial charge in [0.1, 0.15) is 0 Å². The van der Waals surface area contributed by atoms with Crippen LogP contribution in [-0.2, 0) is 0 Å². The van der Waals surface area contributed by atoms with Crippen LogP contribution in [0.25, 0.3) is 0 Å². The van der Waals surface area contributed by atoms with E-state index in [0.717, 1.165) is 58.2 Å². The standard InChI is InChI=1S/C33H42N4O4/c38-31(25-11-13-26(14-12-25)32(39)40)37(29-15-19-34-20-16-29)21-17-28(18-22-37)36-30(24-7-3-1-4-8-24)23-35(33(36)41)27-9-5-2-6-10-27/h1,3-4,7-8,11-14,27-30,34H,2,5-6,9-10,15-23H2/p+1/t28?,30-,37?/m0/s1. The van der Waals surface area contributed by atoms with Gasteiger partial charge in [0, 0.05) is 57.4 Å². The third-order valence-electron chi connectivity index (χ3n) is 10.3. The number of carbonyl (C=O) groups is 3. The van der Waals surface area contributed by atoms with Crippen molar-refractivity contribution in [3.63, 3.8) is 0 Å². The third kappa shape index (κ3) is 5.40. The molecule has 1 aliphatic carbocycles. The summed E-state index contributed by atoms with van der Waals surface area (Å²) in [5.74, 6) is -0.902. The zero-order valence-electron chi connectivity index (χ0n) is 23.9. The summed E-state index contributed by atoms with van der Waals surface area (Å²) >= 11 is 0. The number of nitrogens with zero attached hydrogens (tertiary/aromatic N) is 3. The number of carboxylic acid groups (broad SMARTS) is 1. The lowest BCUT2D eigenvalue weighted by Gasteiger charge is -2.49. The second-order valence-electron chi connectivity index (χ2n) is 12.4. The number of rotatable bonds is 6. The number of likely N-dealkylation sites (tertiary alicyclic amines) is 1. The van der Waals surface area contributed by atoms with Gasteiger partial charge in [-0.05, 0) is 42.7 Å². The SMILES string of the molecule is O=C(O)c1ccc(C(=O)[N+]2(C3CCNCC3)CCC(N3C(=O)N(C4CCCCC4)C[C@H]3c3ccccc3)CC2)cc1. The molecule has 4 aliphatic rings. The molecule has 3 amide bonds. The fourth-order valence-corrected chi connectivity index (χ4v) is 8.02. The first-order valence-electron chi connectivity index (χ1n) is 15.6. The molecule has 6 rings (SSSR count). The van der Waals surface area contributed by atoms with Crippen LogP contribution in [0.15, 0.2) is 54.6 Å². The molecule has 4 fully saturated rings. The van der Waals surface area contributed by atoms with Crippen molar-refractivity contribution in [2.45, 2.75) is 82.0 Å². The first-order chi connectivity index (χ1) is 20.0. The van der Waals surface area contributed by atoms with E-state index in [4.69, 9.17) is 0 Å². The van der Waals surface area contributed by atoms with Gasteiger partial charge >= 0.3 is 17.9 Å². The Hall–Kier alpha value is -3.23. The molecule has 218 valence electrons. The van der Waals surface area contributed by atoms with Crippen LogP contribution >= 0.6 is 0 Å². The fraction of sp³-hybridized carbons (Fsp3) is 0.545. The molecule has 3 saturated heterocycles. The number of benzene rings is 2. The Balaban J connectivity index is 1.26. The molecule has 0 aromatic heterocycles. The Kier molecular flexibility index (Phi) is 8.13. The summed E-state index contributed by atoms with van der Waals surface area (Å²) in [4.78, 5) is 44.1. The lowest BCUT2D eigenvalue weighted by Crippen LogP contribution is -2.66. The monoisotopic (exact) mass is 559 g/mol. The predicted octanol–water partition coefficient (Wildman–Crippen LogP) is 5.07. The largest absolute Gasteiger partial charge is 0.478 e. The summed E-state index contributed by atoms with van der Waals surface area (Å²) < 4.78 is 0.398. The highest BCUT2D eigenvalue weighted by Crippen LogP contribution is 2.40. The minimum Gasteiger partial charge on any atom is -0.478 e. The maximum absolute atomic E-state index is 14.3. The van der Waals surface area contributed by atoms with E-state index >= 15 is 0 Å². The summed E-state index contributed by atoms with van der Waals surface area (Å²) in [7, 11) is 0. The molecule has 2 N–H and O–H groups in total. The van der Waals surface area contributed by atoms with E-state index in [1.54, 1.807) is 12.1 Å².